The minimum Gasteiger partial charge on any atom is -0.481 e. The predicted octanol–water partition coefficient (Wildman–Crippen LogP) is 1.90. The van der Waals surface area contributed by atoms with Crippen LogP contribution in [0.4, 0.5) is 0 Å². The SMILES string of the molecule is CCn1nc(C)cc1CN1CCC(C)(C(=O)O)CC1. The summed E-state index contributed by atoms with van der Waals surface area (Å²) in [5.41, 5.74) is 1.72. The summed E-state index contributed by atoms with van der Waals surface area (Å²) in [6.07, 6.45) is 1.45. The van der Waals surface area contributed by atoms with Gasteiger partial charge in [0.1, 0.15) is 0 Å². The second-order valence-electron chi connectivity index (χ2n) is 5.73. The van der Waals surface area contributed by atoms with Gasteiger partial charge in [0.15, 0.2) is 0 Å². The molecule has 5 nitrogen and oxygen atoms in total. The topological polar surface area (TPSA) is 58.4 Å². The molecule has 5 heteroatoms. The molecule has 0 spiro atoms. The van der Waals surface area contributed by atoms with Crippen molar-refractivity contribution in [2.24, 2.45) is 5.41 Å². The largest absolute Gasteiger partial charge is 0.481 e. The summed E-state index contributed by atoms with van der Waals surface area (Å²) in [5.74, 6) is -0.665. The molecule has 0 unspecified atom stereocenters. The Kier molecular flexibility index (Phi) is 3.94. The van der Waals surface area contributed by atoms with Crippen molar-refractivity contribution in [1.29, 1.82) is 0 Å². The summed E-state index contributed by atoms with van der Waals surface area (Å²) >= 11 is 0. The van der Waals surface area contributed by atoms with Crippen molar-refractivity contribution in [2.45, 2.75) is 46.7 Å². The number of carbonyl (C=O) groups is 1. The van der Waals surface area contributed by atoms with E-state index in [1.165, 1.54) is 5.69 Å². The van der Waals surface area contributed by atoms with E-state index in [0.29, 0.717) is 0 Å². The fourth-order valence-electron chi connectivity index (χ4n) is 2.65. The molecule has 1 aliphatic rings. The first-order valence-corrected chi connectivity index (χ1v) is 6.93. The minimum absolute atomic E-state index is 0.544. The number of carboxylic acids is 1. The Morgan fingerprint density at radius 2 is 2.11 bits per heavy atom. The van der Waals surface area contributed by atoms with Gasteiger partial charge in [-0.05, 0) is 52.8 Å². The zero-order chi connectivity index (χ0) is 14.0. The zero-order valence-electron chi connectivity index (χ0n) is 12.0. The van der Waals surface area contributed by atoms with Gasteiger partial charge < -0.3 is 5.11 Å². The highest BCUT2D eigenvalue weighted by Gasteiger charge is 2.36. The number of likely N-dealkylation sites (tertiary alicyclic amines) is 1. The lowest BCUT2D eigenvalue weighted by Gasteiger charge is -2.36. The third-order valence-electron chi connectivity index (χ3n) is 4.15. The van der Waals surface area contributed by atoms with Crippen LogP contribution in [0.1, 0.15) is 38.1 Å². The van der Waals surface area contributed by atoms with Crippen LogP contribution in [-0.2, 0) is 17.9 Å². The third-order valence-corrected chi connectivity index (χ3v) is 4.15. The Morgan fingerprint density at radius 1 is 1.47 bits per heavy atom. The van der Waals surface area contributed by atoms with Crippen molar-refractivity contribution < 1.29 is 9.90 Å². The number of rotatable bonds is 4. The second kappa shape index (κ2) is 5.33. The molecule has 0 atom stereocenters. The van der Waals surface area contributed by atoms with Crippen molar-refractivity contribution in [2.75, 3.05) is 13.1 Å². The number of hydrogen-bond acceptors (Lipinski definition) is 3. The number of piperidine rings is 1. The Hall–Kier alpha value is -1.36. The van der Waals surface area contributed by atoms with E-state index in [1.807, 2.05) is 18.5 Å². The lowest BCUT2D eigenvalue weighted by Crippen LogP contribution is -2.42. The molecule has 2 rings (SSSR count). The van der Waals surface area contributed by atoms with Gasteiger partial charge in [-0.25, -0.2) is 0 Å². The number of aromatic nitrogens is 2. The van der Waals surface area contributed by atoms with E-state index in [0.717, 1.165) is 44.7 Å². The molecular formula is C14H23N3O2. The minimum atomic E-state index is -0.665. The molecule has 1 saturated heterocycles. The van der Waals surface area contributed by atoms with Crippen LogP contribution in [0.2, 0.25) is 0 Å². The molecular weight excluding hydrogens is 242 g/mol. The summed E-state index contributed by atoms with van der Waals surface area (Å²) in [6.45, 7) is 9.38. The van der Waals surface area contributed by atoms with E-state index >= 15 is 0 Å². The normalized spacial score (nSPS) is 19.5. The Morgan fingerprint density at radius 3 is 2.63 bits per heavy atom. The van der Waals surface area contributed by atoms with Crippen LogP contribution in [0.5, 0.6) is 0 Å². The maximum Gasteiger partial charge on any atom is 0.309 e. The summed E-state index contributed by atoms with van der Waals surface area (Å²) in [4.78, 5) is 13.5. The van der Waals surface area contributed by atoms with Crippen molar-refractivity contribution in [3.05, 3.63) is 17.5 Å². The summed E-state index contributed by atoms with van der Waals surface area (Å²) < 4.78 is 2.03. The van der Waals surface area contributed by atoms with Gasteiger partial charge in [0.2, 0.25) is 0 Å². The molecule has 0 aliphatic carbocycles. The lowest BCUT2D eigenvalue weighted by molar-refractivity contribution is -0.150. The Bertz CT molecular complexity index is 459. The molecule has 0 saturated carbocycles. The highest BCUT2D eigenvalue weighted by molar-refractivity contribution is 5.74. The molecule has 0 bridgehead atoms. The molecule has 106 valence electrons. The lowest BCUT2D eigenvalue weighted by atomic mass is 9.80. The van der Waals surface area contributed by atoms with Gasteiger partial charge in [-0.2, -0.15) is 5.10 Å². The van der Waals surface area contributed by atoms with E-state index in [2.05, 4.69) is 23.0 Å². The maximum atomic E-state index is 11.2. The first kappa shape index (κ1) is 14.1. The molecule has 0 radical (unpaired) electrons. The Balaban J connectivity index is 1.97. The molecule has 19 heavy (non-hydrogen) atoms. The standard InChI is InChI=1S/C14H23N3O2/c1-4-17-12(9-11(2)15-17)10-16-7-5-14(3,6-8-16)13(18)19/h9H,4-8,10H2,1-3H3,(H,18,19). The molecule has 0 aromatic carbocycles. The maximum absolute atomic E-state index is 11.2. The fraction of sp³-hybridized carbons (Fsp3) is 0.714. The third kappa shape index (κ3) is 2.97. The van der Waals surface area contributed by atoms with Gasteiger partial charge in [-0.3, -0.25) is 14.4 Å². The number of carboxylic acid groups (broad SMARTS) is 1. The van der Waals surface area contributed by atoms with Gasteiger partial charge in [0, 0.05) is 13.1 Å². The molecule has 2 heterocycles. The van der Waals surface area contributed by atoms with Gasteiger partial charge in [0.05, 0.1) is 16.8 Å². The smallest absolute Gasteiger partial charge is 0.309 e. The van der Waals surface area contributed by atoms with E-state index < -0.39 is 11.4 Å². The predicted molar refractivity (Wildman–Crippen MR) is 72.9 cm³/mol. The van der Waals surface area contributed by atoms with Gasteiger partial charge in [0.25, 0.3) is 0 Å². The van der Waals surface area contributed by atoms with E-state index in [4.69, 9.17) is 0 Å². The van der Waals surface area contributed by atoms with Crippen LogP contribution in [0.15, 0.2) is 6.07 Å². The highest BCUT2D eigenvalue weighted by atomic mass is 16.4. The van der Waals surface area contributed by atoms with Crippen LogP contribution in [0.3, 0.4) is 0 Å². The van der Waals surface area contributed by atoms with Gasteiger partial charge in [-0.1, -0.05) is 0 Å². The summed E-state index contributed by atoms with van der Waals surface area (Å²) in [5, 5.41) is 13.7. The molecule has 1 aromatic rings. The molecule has 0 amide bonds. The van der Waals surface area contributed by atoms with Crippen molar-refractivity contribution in [3.63, 3.8) is 0 Å². The number of nitrogens with zero attached hydrogens (tertiary/aromatic N) is 3. The first-order chi connectivity index (χ1) is 8.94. The summed E-state index contributed by atoms with van der Waals surface area (Å²) in [7, 11) is 0. The van der Waals surface area contributed by atoms with Crippen molar-refractivity contribution in [3.8, 4) is 0 Å². The van der Waals surface area contributed by atoms with Crippen LogP contribution in [-0.4, -0.2) is 38.8 Å². The number of hydrogen-bond donors (Lipinski definition) is 1. The van der Waals surface area contributed by atoms with Crippen molar-refractivity contribution >= 4 is 5.97 Å². The average molecular weight is 265 g/mol. The van der Waals surface area contributed by atoms with Crippen LogP contribution in [0.25, 0.3) is 0 Å². The average Bonchev–Trinajstić information content (AvgIpc) is 2.72. The van der Waals surface area contributed by atoms with Crippen molar-refractivity contribution in [1.82, 2.24) is 14.7 Å². The number of aliphatic carboxylic acids is 1. The quantitative estimate of drug-likeness (QED) is 0.903. The fourth-order valence-corrected chi connectivity index (χ4v) is 2.65. The van der Waals surface area contributed by atoms with E-state index in [1.54, 1.807) is 0 Å². The van der Waals surface area contributed by atoms with Gasteiger partial charge in [-0.15, -0.1) is 0 Å². The molecule has 1 aromatic heterocycles. The van der Waals surface area contributed by atoms with E-state index in [9.17, 15) is 9.90 Å². The van der Waals surface area contributed by atoms with Crippen LogP contribution >= 0.6 is 0 Å². The summed E-state index contributed by atoms with van der Waals surface area (Å²) in [6, 6.07) is 2.12. The monoisotopic (exact) mass is 265 g/mol. The van der Waals surface area contributed by atoms with Crippen LogP contribution < -0.4 is 0 Å². The van der Waals surface area contributed by atoms with E-state index in [-0.39, 0.29) is 0 Å². The van der Waals surface area contributed by atoms with Gasteiger partial charge >= 0.3 is 5.97 Å². The first-order valence-electron chi connectivity index (χ1n) is 6.93. The highest BCUT2D eigenvalue weighted by Crippen LogP contribution is 2.31. The molecule has 1 fully saturated rings. The molecule has 1 N–H and O–H groups in total. The Labute approximate surface area is 114 Å². The second-order valence-corrected chi connectivity index (χ2v) is 5.73. The molecule has 1 aliphatic heterocycles. The van der Waals surface area contributed by atoms with Crippen LogP contribution in [0, 0.1) is 12.3 Å². The number of aryl methyl sites for hydroxylation is 2. The zero-order valence-corrected chi connectivity index (χ0v) is 12.0.